The molecular formula is C21H28F3N7O6. The first kappa shape index (κ1) is 30.7. The number of anilines is 1. The molecule has 0 saturated heterocycles. The zero-order valence-corrected chi connectivity index (χ0v) is 20.0. The Morgan fingerprint density at radius 2 is 1.84 bits per heavy atom. The van der Waals surface area contributed by atoms with E-state index in [-0.39, 0.29) is 42.8 Å². The first-order valence-corrected chi connectivity index (χ1v) is 10.6. The van der Waals surface area contributed by atoms with Crippen molar-refractivity contribution in [1.82, 2.24) is 20.8 Å². The lowest BCUT2D eigenvalue weighted by Gasteiger charge is -2.10. The van der Waals surface area contributed by atoms with Crippen molar-refractivity contribution in [1.29, 1.82) is 5.41 Å². The summed E-state index contributed by atoms with van der Waals surface area (Å²) in [4.78, 5) is 45.0. The number of nitrogens with one attached hydrogen (secondary N) is 5. The van der Waals surface area contributed by atoms with Gasteiger partial charge in [-0.15, -0.1) is 0 Å². The Morgan fingerprint density at radius 3 is 2.38 bits per heavy atom. The maximum Gasteiger partial charge on any atom is 0.490 e. The minimum absolute atomic E-state index is 0.00983. The molecule has 0 spiro atoms. The first-order chi connectivity index (χ1) is 17.3. The Morgan fingerprint density at radius 1 is 1.22 bits per heavy atom. The lowest BCUT2D eigenvalue weighted by molar-refractivity contribution is -0.192. The number of carbonyl (C=O) groups excluding carboxylic acids is 1. The van der Waals surface area contributed by atoms with E-state index in [1.54, 1.807) is 14.0 Å². The number of carboxylic acid groups (broad SMARTS) is 1. The summed E-state index contributed by atoms with van der Waals surface area (Å²) in [5.41, 5.74) is 9.00. The van der Waals surface area contributed by atoms with Crippen LogP contribution in [0, 0.1) is 12.3 Å². The number of aryl methyl sites for hydroxylation is 1. The van der Waals surface area contributed by atoms with Gasteiger partial charge in [0.15, 0.2) is 5.82 Å². The van der Waals surface area contributed by atoms with Crippen molar-refractivity contribution in [3.05, 3.63) is 51.6 Å². The molecule has 2 rings (SSSR count). The maximum absolute atomic E-state index is 12.2. The summed E-state index contributed by atoms with van der Waals surface area (Å²) in [5, 5.41) is 19.8. The number of ether oxygens (including phenoxy) is 1. The van der Waals surface area contributed by atoms with Crippen LogP contribution in [0.3, 0.4) is 0 Å². The fourth-order valence-corrected chi connectivity index (χ4v) is 2.57. The zero-order valence-electron chi connectivity index (χ0n) is 20.0. The minimum atomic E-state index is -5.08. The van der Waals surface area contributed by atoms with Gasteiger partial charge in [0.05, 0.1) is 25.8 Å². The zero-order chi connectivity index (χ0) is 28.0. The third kappa shape index (κ3) is 12.3. The van der Waals surface area contributed by atoms with E-state index in [0.29, 0.717) is 24.4 Å². The Balaban J connectivity index is 0.000000856. The lowest BCUT2D eigenvalue weighted by atomic mass is 10.1. The summed E-state index contributed by atoms with van der Waals surface area (Å²) >= 11 is 0. The highest BCUT2D eigenvalue weighted by atomic mass is 19.4. The predicted molar refractivity (Wildman–Crippen MR) is 126 cm³/mol. The van der Waals surface area contributed by atoms with E-state index in [9.17, 15) is 22.8 Å². The van der Waals surface area contributed by atoms with Crippen LogP contribution in [0.2, 0.25) is 0 Å². The van der Waals surface area contributed by atoms with Gasteiger partial charge < -0.3 is 31.2 Å². The minimum Gasteiger partial charge on any atom is -0.497 e. The van der Waals surface area contributed by atoms with E-state index < -0.39 is 12.1 Å². The summed E-state index contributed by atoms with van der Waals surface area (Å²) in [6.45, 7) is 2.58. The summed E-state index contributed by atoms with van der Waals surface area (Å²) in [7, 11) is 1.61. The van der Waals surface area contributed by atoms with E-state index in [1.165, 1.54) is 0 Å². The van der Waals surface area contributed by atoms with Crippen molar-refractivity contribution >= 4 is 23.7 Å². The summed E-state index contributed by atoms with van der Waals surface area (Å²) in [5.74, 6) is -2.39. The number of aliphatic carboxylic acids is 1. The molecule has 2 aromatic rings. The summed E-state index contributed by atoms with van der Waals surface area (Å²) < 4.78 is 36.9. The van der Waals surface area contributed by atoms with Crippen LogP contribution in [-0.2, 0) is 27.3 Å². The van der Waals surface area contributed by atoms with Gasteiger partial charge in [-0.25, -0.2) is 15.3 Å². The first-order valence-electron chi connectivity index (χ1n) is 10.6. The van der Waals surface area contributed by atoms with Gasteiger partial charge in [0, 0.05) is 18.8 Å². The monoisotopic (exact) mass is 531 g/mol. The van der Waals surface area contributed by atoms with Crippen molar-refractivity contribution in [2.45, 2.75) is 25.9 Å². The molecule has 8 N–H and O–H groups in total. The number of aromatic nitrogens is 2. The fraction of sp³-hybridized carbons (Fsp3) is 0.381. The second-order valence-electron chi connectivity index (χ2n) is 7.20. The molecule has 1 heterocycles. The number of hydrogen-bond donors (Lipinski definition) is 7. The van der Waals surface area contributed by atoms with E-state index in [0.717, 1.165) is 11.3 Å². The number of nitrogens with zero attached hydrogens (tertiary/aromatic N) is 1. The number of guanidine groups is 1. The highest BCUT2D eigenvalue weighted by molar-refractivity contribution is 5.78. The number of carbonyl (C=O) groups is 2. The molecule has 0 radical (unpaired) electrons. The van der Waals surface area contributed by atoms with Crippen LogP contribution in [0.4, 0.5) is 19.0 Å². The standard InChI is InChI=1S/C19H27N7O4.C2HF3O2/c1-12-15(11-16(27)22-9-10-30-26-19(20)21)25-17(18(28)24-12)23-8-7-13-3-5-14(29-2)6-4-13;3-2(4,5)1(6)7/h3-6H,7-11H2,1-2H3,(H,22,27)(H,23,25)(H,24,28)(H4,20,21,26);(H,6,7). The molecule has 0 bridgehead atoms. The number of hydroxylamine groups is 1. The number of methoxy groups -OCH3 is 1. The summed E-state index contributed by atoms with van der Waals surface area (Å²) in [6, 6.07) is 7.67. The van der Waals surface area contributed by atoms with Crippen molar-refractivity contribution in [3.63, 3.8) is 0 Å². The number of carboxylic acids is 1. The number of nitrogens with two attached hydrogens (primary N) is 1. The molecule has 0 saturated carbocycles. The average molecular weight is 531 g/mol. The third-order valence-corrected chi connectivity index (χ3v) is 4.34. The van der Waals surface area contributed by atoms with E-state index >= 15 is 0 Å². The molecule has 0 unspecified atom stereocenters. The van der Waals surface area contributed by atoms with Gasteiger partial charge in [0.2, 0.25) is 11.9 Å². The number of H-pyrrole nitrogens is 1. The van der Waals surface area contributed by atoms with Crippen molar-refractivity contribution in [2.75, 3.05) is 32.1 Å². The molecule has 0 aliphatic rings. The van der Waals surface area contributed by atoms with Crippen LogP contribution in [-0.4, -0.2) is 65.9 Å². The van der Waals surface area contributed by atoms with Crippen LogP contribution in [0.1, 0.15) is 17.0 Å². The van der Waals surface area contributed by atoms with E-state index in [2.05, 4.69) is 26.1 Å². The molecule has 37 heavy (non-hydrogen) atoms. The Labute approximate surface area is 209 Å². The van der Waals surface area contributed by atoms with Gasteiger partial charge in [-0.1, -0.05) is 12.1 Å². The lowest BCUT2D eigenvalue weighted by Crippen LogP contribution is -2.35. The average Bonchev–Trinajstić information content (AvgIpc) is 2.81. The number of benzene rings is 1. The van der Waals surface area contributed by atoms with Gasteiger partial charge in [-0.2, -0.15) is 13.2 Å². The largest absolute Gasteiger partial charge is 0.497 e. The molecule has 0 fully saturated rings. The molecular weight excluding hydrogens is 503 g/mol. The number of alkyl halides is 3. The number of amides is 1. The Kier molecular flexibility index (Phi) is 12.4. The number of hydrogen-bond acceptors (Lipinski definition) is 8. The highest BCUT2D eigenvalue weighted by Gasteiger charge is 2.38. The molecule has 0 aliphatic carbocycles. The normalized spacial score (nSPS) is 10.5. The van der Waals surface area contributed by atoms with Crippen molar-refractivity contribution < 1.29 is 37.4 Å². The van der Waals surface area contributed by atoms with Crippen LogP contribution < -0.4 is 32.1 Å². The van der Waals surface area contributed by atoms with Gasteiger partial charge in [0.1, 0.15) is 5.75 Å². The van der Waals surface area contributed by atoms with Crippen LogP contribution in [0.15, 0.2) is 29.1 Å². The fourth-order valence-electron chi connectivity index (χ4n) is 2.57. The molecule has 1 amide bonds. The molecule has 204 valence electrons. The van der Waals surface area contributed by atoms with Crippen LogP contribution in [0.25, 0.3) is 0 Å². The smallest absolute Gasteiger partial charge is 0.490 e. The van der Waals surface area contributed by atoms with Gasteiger partial charge in [-0.05, 0) is 31.0 Å². The number of aromatic amines is 1. The molecule has 13 nitrogen and oxygen atoms in total. The third-order valence-electron chi connectivity index (χ3n) is 4.34. The van der Waals surface area contributed by atoms with E-state index in [4.69, 9.17) is 30.6 Å². The van der Waals surface area contributed by atoms with E-state index in [1.807, 2.05) is 24.3 Å². The Hall–Kier alpha value is -4.34. The van der Waals surface area contributed by atoms with Crippen molar-refractivity contribution in [3.8, 4) is 5.75 Å². The second kappa shape index (κ2) is 14.9. The Bertz CT molecular complexity index is 1110. The van der Waals surface area contributed by atoms with Crippen LogP contribution >= 0.6 is 0 Å². The maximum atomic E-state index is 12.2. The number of rotatable bonds is 11. The second-order valence-corrected chi connectivity index (χ2v) is 7.20. The van der Waals surface area contributed by atoms with Gasteiger partial charge >= 0.3 is 12.1 Å². The summed E-state index contributed by atoms with van der Waals surface area (Å²) in [6.07, 6.45) is -4.38. The SMILES string of the molecule is COc1ccc(CCNc2nc(CC(=O)NCCONC(=N)N)c(C)[nH]c2=O)cc1.O=C(O)C(F)(F)F. The predicted octanol–water partition coefficient (Wildman–Crippen LogP) is 0.448. The quantitative estimate of drug-likeness (QED) is 0.0922. The molecule has 1 aromatic heterocycles. The molecule has 16 heteroatoms. The molecule has 1 aromatic carbocycles. The topological polar surface area (TPSA) is 205 Å². The van der Waals surface area contributed by atoms with Crippen LogP contribution in [0.5, 0.6) is 5.75 Å². The molecule has 0 atom stereocenters. The van der Waals surface area contributed by atoms with Crippen molar-refractivity contribution in [2.24, 2.45) is 5.73 Å². The van der Waals surface area contributed by atoms with Gasteiger partial charge in [0.25, 0.3) is 5.56 Å². The molecule has 0 aliphatic heterocycles. The van der Waals surface area contributed by atoms with Gasteiger partial charge in [-0.3, -0.25) is 19.8 Å². The highest BCUT2D eigenvalue weighted by Crippen LogP contribution is 2.13. The number of halogens is 3.